The molecule has 1 atom stereocenters. The summed E-state index contributed by atoms with van der Waals surface area (Å²) < 4.78 is 4.65. The lowest BCUT2D eigenvalue weighted by Crippen LogP contribution is -2.42. The van der Waals surface area contributed by atoms with Crippen molar-refractivity contribution in [2.75, 3.05) is 20.2 Å². The molecule has 0 saturated heterocycles. The predicted molar refractivity (Wildman–Crippen MR) is 59.3 cm³/mol. The fraction of sp³-hybridized carbons (Fsp3) is 0.600. The first-order valence-corrected chi connectivity index (χ1v) is 5.00. The third-order valence-electron chi connectivity index (χ3n) is 1.84. The molecule has 0 aromatic carbocycles. The Kier molecular flexibility index (Phi) is 7.87. The molecule has 0 spiro atoms. The fourth-order valence-corrected chi connectivity index (χ4v) is 0.955. The number of carboxylic acids is 1. The highest BCUT2D eigenvalue weighted by molar-refractivity contribution is 5.76. The van der Waals surface area contributed by atoms with Crippen molar-refractivity contribution >= 4 is 12.0 Å². The Morgan fingerprint density at radius 2 is 2.12 bits per heavy atom. The maximum Gasteiger partial charge on any atom is 0.334 e. The van der Waals surface area contributed by atoms with Gasteiger partial charge >= 0.3 is 12.0 Å². The zero-order valence-corrected chi connectivity index (χ0v) is 9.53. The standard InChI is InChI=1S/C10H18N2O4/c1-3-4-5-6-11-10(15)12-7-8(16-2)9(13)14/h3-4,8H,5-7H2,1-2H3,(H,13,14)(H2,11,12,15)/b4-3+. The molecule has 0 aromatic rings. The maximum atomic E-state index is 11.2. The summed E-state index contributed by atoms with van der Waals surface area (Å²) >= 11 is 0. The van der Waals surface area contributed by atoms with Gasteiger partial charge in [-0.1, -0.05) is 12.2 Å². The zero-order chi connectivity index (χ0) is 12.4. The molecule has 0 bridgehead atoms. The Morgan fingerprint density at radius 3 is 2.62 bits per heavy atom. The molecule has 6 nitrogen and oxygen atoms in total. The number of carboxylic acid groups (broad SMARTS) is 1. The number of ether oxygens (including phenoxy) is 1. The van der Waals surface area contributed by atoms with Gasteiger partial charge < -0.3 is 20.5 Å². The number of aliphatic carboxylic acids is 1. The summed E-state index contributed by atoms with van der Waals surface area (Å²) in [4.78, 5) is 21.7. The van der Waals surface area contributed by atoms with Gasteiger partial charge in [0.05, 0.1) is 6.54 Å². The smallest absolute Gasteiger partial charge is 0.334 e. The van der Waals surface area contributed by atoms with Crippen molar-refractivity contribution in [3.8, 4) is 0 Å². The van der Waals surface area contributed by atoms with Crippen LogP contribution < -0.4 is 10.6 Å². The quantitative estimate of drug-likeness (QED) is 0.435. The van der Waals surface area contributed by atoms with Crippen LogP contribution in [0, 0.1) is 0 Å². The molecule has 0 rings (SSSR count). The van der Waals surface area contributed by atoms with Gasteiger partial charge in [0, 0.05) is 13.7 Å². The van der Waals surface area contributed by atoms with E-state index in [2.05, 4.69) is 15.4 Å². The lowest BCUT2D eigenvalue weighted by atomic mass is 10.3. The minimum atomic E-state index is -1.10. The van der Waals surface area contributed by atoms with Crippen LogP contribution in [0.25, 0.3) is 0 Å². The van der Waals surface area contributed by atoms with Gasteiger partial charge in [0.15, 0.2) is 6.10 Å². The summed E-state index contributed by atoms with van der Waals surface area (Å²) in [7, 11) is 1.28. The lowest BCUT2D eigenvalue weighted by molar-refractivity contribution is -0.147. The van der Waals surface area contributed by atoms with E-state index in [1.54, 1.807) is 0 Å². The Morgan fingerprint density at radius 1 is 1.44 bits per heavy atom. The van der Waals surface area contributed by atoms with E-state index in [1.165, 1.54) is 7.11 Å². The van der Waals surface area contributed by atoms with E-state index in [-0.39, 0.29) is 6.54 Å². The second kappa shape index (κ2) is 8.72. The van der Waals surface area contributed by atoms with E-state index >= 15 is 0 Å². The molecule has 2 amide bonds. The van der Waals surface area contributed by atoms with Crippen molar-refractivity contribution in [3.63, 3.8) is 0 Å². The third kappa shape index (κ3) is 6.83. The van der Waals surface area contributed by atoms with E-state index in [4.69, 9.17) is 5.11 Å². The molecule has 1 unspecified atom stereocenters. The number of allylic oxidation sites excluding steroid dienone is 1. The van der Waals surface area contributed by atoms with Crippen LogP contribution in [-0.4, -0.2) is 43.4 Å². The van der Waals surface area contributed by atoms with Gasteiger partial charge in [-0.2, -0.15) is 0 Å². The van der Waals surface area contributed by atoms with Crippen LogP contribution in [0.4, 0.5) is 4.79 Å². The molecule has 0 heterocycles. The number of urea groups is 1. The Balaban J connectivity index is 3.67. The summed E-state index contributed by atoms with van der Waals surface area (Å²) in [6.45, 7) is 2.36. The van der Waals surface area contributed by atoms with Crippen LogP contribution >= 0.6 is 0 Å². The number of nitrogens with one attached hydrogen (secondary N) is 2. The van der Waals surface area contributed by atoms with Crippen LogP contribution in [0.3, 0.4) is 0 Å². The molecule has 0 saturated carbocycles. The average molecular weight is 230 g/mol. The Hall–Kier alpha value is -1.56. The second-order valence-corrected chi connectivity index (χ2v) is 3.06. The first-order valence-electron chi connectivity index (χ1n) is 5.00. The number of hydrogen-bond donors (Lipinski definition) is 3. The summed E-state index contributed by atoms with van der Waals surface area (Å²) in [6, 6.07) is -0.396. The molecule has 3 N–H and O–H groups in total. The minimum Gasteiger partial charge on any atom is -0.479 e. The van der Waals surface area contributed by atoms with Crippen molar-refractivity contribution in [2.24, 2.45) is 0 Å². The molecule has 0 fully saturated rings. The van der Waals surface area contributed by atoms with Crippen LogP contribution in [0.2, 0.25) is 0 Å². The molecule has 0 aromatic heterocycles. The Labute approximate surface area is 94.7 Å². The van der Waals surface area contributed by atoms with Gasteiger partial charge in [-0.3, -0.25) is 0 Å². The van der Waals surface area contributed by atoms with Crippen molar-refractivity contribution in [1.29, 1.82) is 0 Å². The lowest BCUT2D eigenvalue weighted by Gasteiger charge is -2.11. The van der Waals surface area contributed by atoms with Crippen LogP contribution in [0.15, 0.2) is 12.2 Å². The second-order valence-electron chi connectivity index (χ2n) is 3.06. The highest BCUT2D eigenvalue weighted by Gasteiger charge is 2.16. The number of rotatable bonds is 7. The van der Waals surface area contributed by atoms with Gasteiger partial charge in [0.2, 0.25) is 0 Å². The largest absolute Gasteiger partial charge is 0.479 e. The van der Waals surface area contributed by atoms with Crippen LogP contribution in [0.5, 0.6) is 0 Å². The number of methoxy groups -OCH3 is 1. The summed E-state index contributed by atoms with van der Waals surface area (Å²) in [5.41, 5.74) is 0. The van der Waals surface area contributed by atoms with Gasteiger partial charge in [0.1, 0.15) is 0 Å². The first kappa shape index (κ1) is 14.4. The van der Waals surface area contributed by atoms with Crippen molar-refractivity contribution in [2.45, 2.75) is 19.4 Å². The topological polar surface area (TPSA) is 87.7 Å². The van der Waals surface area contributed by atoms with Crippen molar-refractivity contribution in [1.82, 2.24) is 10.6 Å². The first-order chi connectivity index (χ1) is 7.61. The van der Waals surface area contributed by atoms with E-state index in [0.29, 0.717) is 6.54 Å². The van der Waals surface area contributed by atoms with E-state index in [1.807, 2.05) is 19.1 Å². The summed E-state index contributed by atoms with van der Waals surface area (Å²) in [5.74, 6) is -1.10. The molecular formula is C10H18N2O4. The summed E-state index contributed by atoms with van der Waals surface area (Å²) in [6.07, 6.45) is 3.55. The van der Waals surface area contributed by atoms with Gasteiger partial charge in [-0.25, -0.2) is 9.59 Å². The SMILES string of the molecule is C/C=C/CCNC(=O)NCC(OC)C(=O)O. The van der Waals surface area contributed by atoms with Crippen LogP contribution in [0.1, 0.15) is 13.3 Å². The zero-order valence-electron chi connectivity index (χ0n) is 9.53. The van der Waals surface area contributed by atoms with E-state index < -0.39 is 18.1 Å². The average Bonchev–Trinajstić information content (AvgIpc) is 2.25. The third-order valence-corrected chi connectivity index (χ3v) is 1.84. The fourth-order valence-electron chi connectivity index (χ4n) is 0.955. The molecule has 6 heteroatoms. The van der Waals surface area contributed by atoms with Gasteiger partial charge in [0.25, 0.3) is 0 Å². The normalized spacial score (nSPS) is 12.4. The molecule has 16 heavy (non-hydrogen) atoms. The van der Waals surface area contributed by atoms with Gasteiger partial charge in [-0.05, 0) is 13.3 Å². The van der Waals surface area contributed by atoms with Crippen molar-refractivity contribution in [3.05, 3.63) is 12.2 Å². The van der Waals surface area contributed by atoms with E-state index in [0.717, 1.165) is 6.42 Å². The highest BCUT2D eigenvalue weighted by atomic mass is 16.5. The monoisotopic (exact) mass is 230 g/mol. The molecule has 0 aliphatic rings. The van der Waals surface area contributed by atoms with E-state index in [9.17, 15) is 9.59 Å². The number of hydrogen-bond acceptors (Lipinski definition) is 3. The highest BCUT2D eigenvalue weighted by Crippen LogP contribution is 1.87. The molecule has 0 aliphatic carbocycles. The summed E-state index contributed by atoms with van der Waals surface area (Å²) in [5, 5.41) is 13.6. The molecule has 92 valence electrons. The van der Waals surface area contributed by atoms with Crippen LogP contribution in [-0.2, 0) is 9.53 Å². The molecule has 0 aliphatic heterocycles. The Bertz CT molecular complexity index is 253. The minimum absolute atomic E-state index is 0.0543. The molecule has 0 radical (unpaired) electrons. The number of carbonyl (C=O) groups excluding carboxylic acids is 1. The number of amides is 2. The number of carbonyl (C=O) groups is 2. The van der Waals surface area contributed by atoms with Gasteiger partial charge in [-0.15, -0.1) is 0 Å². The predicted octanol–water partition coefficient (Wildman–Crippen LogP) is 0.351. The van der Waals surface area contributed by atoms with Crippen molar-refractivity contribution < 1.29 is 19.4 Å². The maximum absolute atomic E-state index is 11.2. The molecular weight excluding hydrogens is 212 g/mol.